The van der Waals surface area contributed by atoms with E-state index in [0.29, 0.717) is 6.61 Å². The van der Waals surface area contributed by atoms with Gasteiger partial charge in [0.2, 0.25) is 0 Å². The maximum absolute atomic E-state index is 5.15. The van der Waals surface area contributed by atoms with E-state index in [2.05, 4.69) is 51.4 Å². The molecular weight excluding hydrogens is 280 g/mol. The molecule has 4 heteroatoms. The van der Waals surface area contributed by atoms with E-state index in [1.54, 1.807) is 18.4 Å². The van der Waals surface area contributed by atoms with Gasteiger partial charge < -0.3 is 10.1 Å². The molecule has 0 unspecified atom stereocenters. The lowest BCUT2D eigenvalue weighted by Gasteiger charge is -2.13. The van der Waals surface area contributed by atoms with E-state index in [9.17, 15) is 0 Å². The number of rotatable bonds is 5. The van der Waals surface area contributed by atoms with Crippen molar-refractivity contribution in [3.63, 3.8) is 0 Å². The Morgan fingerprint density at radius 3 is 2.57 bits per heavy atom. The van der Waals surface area contributed by atoms with Gasteiger partial charge in [-0.1, -0.05) is 0 Å². The minimum atomic E-state index is 0.261. The number of methoxy groups -OCH3 is 1. The predicted molar refractivity (Wildman–Crippen MR) is 91.5 cm³/mol. The van der Waals surface area contributed by atoms with Crippen molar-refractivity contribution in [1.82, 2.24) is 4.98 Å². The quantitative estimate of drug-likeness (QED) is 0.883. The summed E-state index contributed by atoms with van der Waals surface area (Å²) in [5.74, 6) is 0. The molecule has 3 nitrogen and oxygen atoms in total. The van der Waals surface area contributed by atoms with Gasteiger partial charge >= 0.3 is 0 Å². The van der Waals surface area contributed by atoms with Crippen LogP contribution in [0.3, 0.4) is 0 Å². The molecule has 0 radical (unpaired) electrons. The molecule has 0 spiro atoms. The van der Waals surface area contributed by atoms with Crippen LogP contribution in [0, 0.1) is 27.7 Å². The Morgan fingerprint density at radius 2 is 1.90 bits per heavy atom. The van der Waals surface area contributed by atoms with Gasteiger partial charge in [-0.25, -0.2) is 4.98 Å². The molecule has 1 aromatic carbocycles. The number of nitrogens with one attached hydrogen (secondary N) is 1. The summed E-state index contributed by atoms with van der Waals surface area (Å²) in [6.45, 7) is 11.5. The minimum absolute atomic E-state index is 0.261. The Balaban J connectivity index is 2.30. The third kappa shape index (κ3) is 3.44. The van der Waals surface area contributed by atoms with Crippen molar-refractivity contribution in [1.29, 1.82) is 0 Å². The number of nitrogens with zero attached hydrogens (tertiary/aromatic N) is 1. The Morgan fingerprint density at radius 1 is 1.19 bits per heavy atom. The Bertz CT molecular complexity index is 634. The van der Waals surface area contributed by atoms with Crippen LogP contribution >= 0.6 is 11.3 Å². The first-order chi connectivity index (χ1) is 9.93. The molecule has 0 bridgehead atoms. The van der Waals surface area contributed by atoms with Gasteiger partial charge in [0.1, 0.15) is 0 Å². The van der Waals surface area contributed by atoms with Gasteiger partial charge in [-0.15, -0.1) is 11.3 Å². The molecule has 21 heavy (non-hydrogen) atoms. The summed E-state index contributed by atoms with van der Waals surface area (Å²) >= 11 is 1.65. The molecule has 0 aliphatic rings. The van der Waals surface area contributed by atoms with E-state index in [0.717, 1.165) is 10.8 Å². The number of ether oxygens (including phenoxy) is 1. The summed E-state index contributed by atoms with van der Waals surface area (Å²) in [4.78, 5) is 4.73. The van der Waals surface area contributed by atoms with E-state index in [4.69, 9.17) is 9.72 Å². The second-order valence-electron chi connectivity index (χ2n) is 5.65. The maximum atomic E-state index is 5.15. The first kappa shape index (κ1) is 16.0. The number of aryl methyl sites for hydroxylation is 1. The summed E-state index contributed by atoms with van der Waals surface area (Å²) in [5, 5.41) is 6.45. The fourth-order valence-corrected chi connectivity index (χ4v) is 3.27. The predicted octanol–water partition coefficient (Wildman–Crippen LogP) is 4.49. The number of anilines is 1. The molecule has 2 rings (SSSR count). The maximum Gasteiger partial charge on any atom is 0.183 e. The van der Waals surface area contributed by atoms with Gasteiger partial charge in [-0.2, -0.15) is 0 Å². The third-order valence-corrected chi connectivity index (χ3v) is 4.82. The van der Waals surface area contributed by atoms with Gasteiger partial charge in [0.25, 0.3) is 0 Å². The van der Waals surface area contributed by atoms with Crippen LogP contribution in [0.5, 0.6) is 0 Å². The lowest BCUT2D eigenvalue weighted by atomic mass is 9.93. The monoisotopic (exact) mass is 304 g/mol. The zero-order valence-corrected chi connectivity index (χ0v) is 14.5. The average Bonchev–Trinajstić information content (AvgIpc) is 2.89. The molecule has 2 aromatic rings. The molecule has 0 saturated carbocycles. The van der Waals surface area contributed by atoms with Crippen molar-refractivity contribution in [2.75, 3.05) is 19.0 Å². The third-order valence-electron chi connectivity index (χ3n) is 4.05. The van der Waals surface area contributed by atoms with Crippen molar-refractivity contribution in [2.24, 2.45) is 0 Å². The van der Waals surface area contributed by atoms with Crippen LogP contribution in [0.1, 0.15) is 29.2 Å². The van der Waals surface area contributed by atoms with Gasteiger partial charge in [-0.05, 0) is 62.9 Å². The van der Waals surface area contributed by atoms with Crippen molar-refractivity contribution in [3.05, 3.63) is 33.7 Å². The molecule has 0 aliphatic carbocycles. The van der Waals surface area contributed by atoms with E-state index in [1.807, 2.05) is 0 Å². The van der Waals surface area contributed by atoms with Crippen LogP contribution in [0.15, 0.2) is 11.4 Å². The van der Waals surface area contributed by atoms with E-state index in [1.165, 1.54) is 27.8 Å². The lowest BCUT2D eigenvalue weighted by molar-refractivity contribution is 0.190. The molecule has 1 N–H and O–H groups in total. The number of benzene rings is 1. The number of hydrogen-bond donors (Lipinski definition) is 1. The Labute approximate surface area is 131 Å². The molecule has 1 atom stereocenters. The van der Waals surface area contributed by atoms with Crippen LogP contribution in [0.4, 0.5) is 5.13 Å². The first-order valence-electron chi connectivity index (χ1n) is 7.22. The zero-order valence-electron chi connectivity index (χ0n) is 13.7. The Hall–Kier alpha value is -1.39. The Kier molecular flexibility index (Phi) is 5.01. The fourth-order valence-electron chi connectivity index (χ4n) is 2.44. The highest BCUT2D eigenvalue weighted by molar-refractivity contribution is 7.14. The molecule has 1 aromatic heterocycles. The standard InChI is InChI=1S/C17H24N2OS/c1-10-7-15(14(5)13(4)12(10)3)16-9-21-17(19-16)18-11(2)8-20-6/h7,9,11H,8H2,1-6H3,(H,18,19)/t11-/m0/s1. The molecule has 114 valence electrons. The SMILES string of the molecule is COC[C@H](C)Nc1nc(-c2cc(C)c(C)c(C)c2C)cs1. The van der Waals surface area contributed by atoms with Gasteiger partial charge in [0, 0.05) is 24.1 Å². The summed E-state index contributed by atoms with van der Waals surface area (Å²) < 4.78 is 5.15. The largest absolute Gasteiger partial charge is 0.383 e. The van der Waals surface area contributed by atoms with Crippen LogP contribution in [0.2, 0.25) is 0 Å². The van der Waals surface area contributed by atoms with Crippen molar-refractivity contribution in [3.8, 4) is 11.3 Å². The topological polar surface area (TPSA) is 34.1 Å². The molecule has 0 fully saturated rings. The van der Waals surface area contributed by atoms with Gasteiger partial charge in [-0.3, -0.25) is 0 Å². The van der Waals surface area contributed by atoms with Gasteiger partial charge in [0.15, 0.2) is 5.13 Å². The highest BCUT2D eigenvalue weighted by atomic mass is 32.1. The normalized spacial score (nSPS) is 12.5. The van der Waals surface area contributed by atoms with E-state index >= 15 is 0 Å². The van der Waals surface area contributed by atoms with Crippen LogP contribution in [0.25, 0.3) is 11.3 Å². The van der Waals surface area contributed by atoms with E-state index < -0.39 is 0 Å². The molecule has 1 heterocycles. The minimum Gasteiger partial charge on any atom is -0.383 e. The number of hydrogen-bond acceptors (Lipinski definition) is 4. The van der Waals surface area contributed by atoms with Crippen molar-refractivity contribution < 1.29 is 4.74 Å². The number of aromatic nitrogens is 1. The lowest BCUT2D eigenvalue weighted by Crippen LogP contribution is -2.20. The molecule has 0 saturated heterocycles. The number of thiazole rings is 1. The molecule has 0 amide bonds. The second-order valence-corrected chi connectivity index (χ2v) is 6.51. The van der Waals surface area contributed by atoms with Crippen molar-refractivity contribution >= 4 is 16.5 Å². The van der Waals surface area contributed by atoms with Gasteiger partial charge in [0.05, 0.1) is 12.3 Å². The second kappa shape index (κ2) is 6.58. The summed E-state index contributed by atoms with van der Waals surface area (Å²) in [7, 11) is 1.71. The summed E-state index contributed by atoms with van der Waals surface area (Å²) in [6, 6.07) is 2.51. The van der Waals surface area contributed by atoms with Crippen LogP contribution in [-0.4, -0.2) is 24.7 Å². The van der Waals surface area contributed by atoms with Crippen molar-refractivity contribution in [2.45, 2.75) is 40.7 Å². The molecule has 0 aliphatic heterocycles. The first-order valence-corrected chi connectivity index (χ1v) is 8.10. The van der Waals surface area contributed by atoms with E-state index in [-0.39, 0.29) is 6.04 Å². The molecular formula is C17H24N2OS. The average molecular weight is 304 g/mol. The van der Waals surface area contributed by atoms with Crippen LogP contribution < -0.4 is 5.32 Å². The summed E-state index contributed by atoms with van der Waals surface area (Å²) in [5.41, 5.74) is 7.66. The summed E-state index contributed by atoms with van der Waals surface area (Å²) in [6.07, 6.45) is 0. The highest BCUT2D eigenvalue weighted by Crippen LogP contribution is 2.31. The van der Waals surface area contributed by atoms with Crippen LogP contribution in [-0.2, 0) is 4.74 Å². The fraction of sp³-hybridized carbons (Fsp3) is 0.471. The zero-order chi connectivity index (χ0) is 15.6. The smallest absolute Gasteiger partial charge is 0.183 e. The highest BCUT2D eigenvalue weighted by Gasteiger charge is 2.12.